The SMILES string of the molecule is Cc1cnc2c(c1)S(=O)(=O)N(Cc1cc([C@H](c3ccc4c(nnn4C(F)F)c3C)C(C)(C)C(=O)O)ccc1C)CC1(CNC1)O2. The number of carbonyl (C=O) groups is 1. The highest BCUT2D eigenvalue weighted by Gasteiger charge is 2.48. The normalized spacial score (nSPS) is 18.3. The molecular weight excluding hydrogens is 606 g/mol. The van der Waals surface area contributed by atoms with E-state index in [2.05, 4.69) is 20.6 Å². The molecule has 0 radical (unpaired) electrons. The molecule has 4 aromatic rings. The van der Waals surface area contributed by atoms with Crippen LogP contribution in [0.2, 0.25) is 0 Å². The van der Waals surface area contributed by atoms with Gasteiger partial charge in [0.05, 0.1) is 17.5 Å². The number of nitrogens with zero attached hydrogens (tertiary/aromatic N) is 5. The fourth-order valence-electron chi connectivity index (χ4n) is 6.25. The van der Waals surface area contributed by atoms with Crippen LogP contribution < -0.4 is 10.1 Å². The molecule has 0 saturated carbocycles. The van der Waals surface area contributed by atoms with Crippen LogP contribution in [-0.2, 0) is 21.4 Å². The molecule has 4 heterocycles. The number of ether oxygens (including phenoxy) is 1. The third-order valence-electron chi connectivity index (χ3n) is 9.01. The average molecular weight is 641 g/mol. The number of aryl methyl sites for hydroxylation is 3. The first-order chi connectivity index (χ1) is 21.1. The van der Waals surface area contributed by atoms with E-state index in [1.165, 1.54) is 10.4 Å². The van der Waals surface area contributed by atoms with Gasteiger partial charge >= 0.3 is 12.5 Å². The number of nitrogens with one attached hydrogen (secondary N) is 1. The van der Waals surface area contributed by atoms with E-state index in [0.717, 1.165) is 5.56 Å². The minimum atomic E-state index is -4.02. The van der Waals surface area contributed by atoms with E-state index < -0.39 is 39.5 Å². The molecule has 0 aliphatic carbocycles. The highest BCUT2D eigenvalue weighted by molar-refractivity contribution is 7.89. The third kappa shape index (κ3) is 5.14. The van der Waals surface area contributed by atoms with Crippen LogP contribution in [0.3, 0.4) is 0 Å². The number of carboxylic acid groups (broad SMARTS) is 1. The molecule has 2 aromatic carbocycles. The molecule has 0 bridgehead atoms. The van der Waals surface area contributed by atoms with Crippen LogP contribution in [0.25, 0.3) is 11.0 Å². The first kappa shape index (κ1) is 31.0. The summed E-state index contributed by atoms with van der Waals surface area (Å²) < 4.78 is 63.3. The molecule has 0 amide bonds. The summed E-state index contributed by atoms with van der Waals surface area (Å²) in [6, 6.07) is 10.2. The topological polar surface area (TPSA) is 140 Å². The van der Waals surface area contributed by atoms with E-state index in [9.17, 15) is 27.1 Å². The molecular formula is C31H34F2N6O5S. The lowest BCUT2D eigenvalue weighted by Gasteiger charge is -2.42. The molecule has 11 nitrogen and oxygen atoms in total. The van der Waals surface area contributed by atoms with Gasteiger partial charge in [-0.3, -0.25) is 4.79 Å². The zero-order valence-electron chi connectivity index (χ0n) is 25.5. The summed E-state index contributed by atoms with van der Waals surface area (Å²) in [5, 5.41) is 21.1. The van der Waals surface area contributed by atoms with Crippen molar-refractivity contribution in [2.24, 2.45) is 5.41 Å². The van der Waals surface area contributed by atoms with E-state index in [0.29, 0.717) is 45.6 Å². The zero-order valence-corrected chi connectivity index (χ0v) is 26.3. The van der Waals surface area contributed by atoms with Crippen molar-refractivity contribution >= 4 is 27.0 Å². The predicted octanol–water partition coefficient (Wildman–Crippen LogP) is 4.31. The smallest absolute Gasteiger partial charge is 0.335 e. The number of aromatic nitrogens is 4. The van der Waals surface area contributed by atoms with Gasteiger partial charge in [-0.1, -0.05) is 29.5 Å². The monoisotopic (exact) mass is 640 g/mol. The summed E-state index contributed by atoms with van der Waals surface area (Å²) >= 11 is 0. The highest BCUT2D eigenvalue weighted by Crippen LogP contribution is 2.44. The molecule has 2 aliphatic heterocycles. The lowest BCUT2D eigenvalue weighted by atomic mass is 9.69. The van der Waals surface area contributed by atoms with Crippen molar-refractivity contribution in [2.75, 3.05) is 19.6 Å². The van der Waals surface area contributed by atoms with Crippen molar-refractivity contribution in [2.45, 2.75) is 64.1 Å². The second-order valence-corrected chi connectivity index (χ2v) is 14.5. The fraction of sp³-hybridized carbons (Fsp3) is 0.419. The number of halogens is 2. The summed E-state index contributed by atoms with van der Waals surface area (Å²) in [4.78, 5) is 17.0. The zero-order chi connectivity index (χ0) is 32.5. The van der Waals surface area contributed by atoms with Gasteiger partial charge < -0.3 is 15.2 Å². The molecule has 2 aromatic heterocycles. The molecule has 2 N–H and O–H groups in total. The number of alkyl halides is 2. The Labute approximate surface area is 259 Å². The lowest BCUT2D eigenvalue weighted by Crippen LogP contribution is -2.67. The van der Waals surface area contributed by atoms with Crippen molar-refractivity contribution in [3.8, 4) is 5.88 Å². The maximum absolute atomic E-state index is 14.1. The Balaban J connectivity index is 1.46. The van der Waals surface area contributed by atoms with E-state index in [4.69, 9.17) is 4.74 Å². The van der Waals surface area contributed by atoms with Crippen LogP contribution in [0.4, 0.5) is 8.78 Å². The van der Waals surface area contributed by atoms with Gasteiger partial charge in [-0.2, -0.15) is 17.8 Å². The molecule has 1 fully saturated rings. The number of hydrogen-bond acceptors (Lipinski definition) is 8. The third-order valence-corrected chi connectivity index (χ3v) is 10.8. The number of aliphatic carboxylic acids is 1. The summed E-state index contributed by atoms with van der Waals surface area (Å²) in [7, 11) is -4.02. The molecule has 45 heavy (non-hydrogen) atoms. The Morgan fingerprint density at radius 2 is 1.89 bits per heavy atom. The van der Waals surface area contributed by atoms with Crippen LogP contribution in [-0.4, -0.2) is 69.0 Å². The minimum Gasteiger partial charge on any atom is -0.481 e. The van der Waals surface area contributed by atoms with Crippen molar-refractivity contribution in [1.82, 2.24) is 29.6 Å². The van der Waals surface area contributed by atoms with Gasteiger partial charge in [0.1, 0.15) is 16.0 Å². The number of rotatable bonds is 7. The van der Waals surface area contributed by atoms with Crippen molar-refractivity contribution < 1.29 is 31.8 Å². The van der Waals surface area contributed by atoms with Crippen molar-refractivity contribution in [1.29, 1.82) is 0 Å². The maximum Gasteiger partial charge on any atom is 0.335 e. The molecule has 14 heteroatoms. The second-order valence-electron chi connectivity index (χ2n) is 12.6. The number of fused-ring (bicyclic) bond motifs is 2. The number of carboxylic acids is 1. The van der Waals surface area contributed by atoms with E-state index in [1.807, 2.05) is 25.1 Å². The summed E-state index contributed by atoms with van der Waals surface area (Å²) in [6.45, 7) is 6.72. The fourth-order valence-corrected chi connectivity index (χ4v) is 7.90. The van der Waals surface area contributed by atoms with Gasteiger partial charge in [-0.15, -0.1) is 5.10 Å². The van der Waals surface area contributed by atoms with E-state index >= 15 is 0 Å². The van der Waals surface area contributed by atoms with E-state index in [-0.39, 0.29) is 34.9 Å². The summed E-state index contributed by atoms with van der Waals surface area (Å²) in [5.74, 6) is -1.72. The van der Waals surface area contributed by atoms with Gasteiger partial charge in [0.15, 0.2) is 0 Å². The standard InChI is InChI=1S/C31H34F2N6O5S/c1-17-10-24-27(35-12-17)44-31(14-34-15-31)16-38(45(24,42)43)13-21-11-20(7-6-18(21)2)25(30(4,5)28(40)41)22-8-9-23-26(19(22)3)36-37-39(23)29(32)33/h6-12,25,29,34H,13-16H2,1-5H3,(H,40,41)/t25-/m1/s1. The Morgan fingerprint density at radius 3 is 2.53 bits per heavy atom. The Bertz CT molecular complexity index is 1940. The highest BCUT2D eigenvalue weighted by atomic mass is 32.2. The number of sulfonamides is 1. The first-order valence-electron chi connectivity index (χ1n) is 14.5. The second kappa shape index (κ2) is 10.8. The summed E-state index contributed by atoms with van der Waals surface area (Å²) in [6.07, 6.45) is 1.58. The van der Waals surface area contributed by atoms with Gasteiger partial charge in [0, 0.05) is 31.7 Å². The minimum absolute atomic E-state index is 0.00532. The molecule has 0 unspecified atom stereocenters. The van der Waals surface area contributed by atoms with Crippen molar-refractivity contribution in [3.05, 3.63) is 76.0 Å². The van der Waals surface area contributed by atoms with Crippen molar-refractivity contribution in [3.63, 3.8) is 0 Å². The quantitative estimate of drug-likeness (QED) is 0.302. The Hall–Kier alpha value is -4.01. The first-order valence-corrected chi connectivity index (χ1v) is 15.9. The Kier molecular flexibility index (Phi) is 7.45. The van der Waals surface area contributed by atoms with Gasteiger partial charge in [-0.05, 0) is 80.1 Å². The number of benzene rings is 2. The van der Waals surface area contributed by atoms with Gasteiger partial charge in [0.25, 0.3) is 0 Å². The van der Waals surface area contributed by atoms with Crippen LogP contribution in [0.15, 0.2) is 47.5 Å². The van der Waals surface area contributed by atoms with Crippen LogP contribution in [0, 0.1) is 26.2 Å². The predicted molar refractivity (Wildman–Crippen MR) is 161 cm³/mol. The van der Waals surface area contributed by atoms with E-state index in [1.54, 1.807) is 46.0 Å². The number of hydrogen-bond donors (Lipinski definition) is 2. The molecule has 2 aliphatic rings. The molecule has 6 rings (SSSR count). The van der Waals surface area contributed by atoms with Crippen LogP contribution >= 0.6 is 0 Å². The molecule has 1 atom stereocenters. The largest absolute Gasteiger partial charge is 0.481 e. The van der Waals surface area contributed by atoms with Crippen LogP contribution in [0.5, 0.6) is 5.88 Å². The molecule has 1 saturated heterocycles. The maximum atomic E-state index is 14.1. The molecule has 1 spiro atoms. The van der Waals surface area contributed by atoms with Crippen LogP contribution in [0.1, 0.15) is 59.7 Å². The lowest BCUT2D eigenvalue weighted by molar-refractivity contribution is -0.147. The molecule has 238 valence electrons. The van der Waals surface area contributed by atoms with Gasteiger partial charge in [-0.25, -0.2) is 13.4 Å². The van der Waals surface area contributed by atoms with Gasteiger partial charge in [0.2, 0.25) is 15.9 Å². The summed E-state index contributed by atoms with van der Waals surface area (Å²) in [5.41, 5.74) is 2.22. The Morgan fingerprint density at radius 1 is 1.16 bits per heavy atom. The average Bonchev–Trinajstić information content (AvgIpc) is 3.36. The number of pyridine rings is 1.